The van der Waals surface area contributed by atoms with Crippen LogP contribution in [0, 0.1) is 17.0 Å². The molecule has 0 saturated carbocycles. The van der Waals surface area contributed by atoms with Gasteiger partial charge in [-0.25, -0.2) is 4.79 Å². The number of hydrogen-bond acceptors (Lipinski definition) is 6. The first-order valence-corrected chi connectivity index (χ1v) is 14.0. The number of rotatable bonds is 9. The van der Waals surface area contributed by atoms with Gasteiger partial charge < -0.3 is 15.7 Å². The Morgan fingerprint density at radius 3 is 2.14 bits per heavy atom. The fraction of sp³-hybridized carbons (Fsp3) is 0.0606. The van der Waals surface area contributed by atoms with Crippen molar-refractivity contribution < 1.29 is 24.4 Å². The summed E-state index contributed by atoms with van der Waals surface area (Å²) in [6.07, 6.45) is 0. The Morgan fingerprint density at radius 2 is 1.49 bits per heavy atom. The predicted octanol–water partition coefficient (Wildman–Crippen LogP) is 7.48. The predicted molar refractivity (Wildman–Crippen MR) is 167 cm³/mol. The molecule has 0 heterocycles. The van der Waals surface area contributed by atoms with Crippen LogP contribution in [-0.2, 0) is 4.79 Å². The lowest BCUT2D eigenvalue weighted by atomic mass is 9.98. The monoisotopic (exact) mass is 591 g/mol. The third kappa shape index (κ3) is 6.55. The van der Waals surface area contributed by atoms with Crippen LogP contribution in [0.3, 0.4) is 0 Å². The summed E-state index contributed by atoms with van der Waals surface area (Å²) in [5.74, 6) is -1.92. The average Bonchev–Trinajstić information content (AvgIpc) is 3.01. The number of nitro benzene ring substituents is 1. The smallest absolute Gasteiger partial charge is 0.336 e. The van der Waals surface area contributed by atoms with E-state index in [2.05, 4.69) is 10.6 Å². The molecular weight excluding hydrogens is 566 g/mol. The van der Waals surface area contributed by atoms with Crippen LogP contribution < -0.4 is 10.6 Å². The molecule has 0 radical (unpaired) electrons. The number of carboxylic acid groups (broad SMARTS) is 1. The molecule has 1 atom stereocenters. The summed E-state index contributed by atoms with van der Waals surface area (Å²) in [6.45, 7) is 1.76. The van der Waals surface area contributed by atoms with Crippen LogP contribution in [0.25, 0.3) is 10.8 Å². The van der Waals surface area contributed by atoms with Crippen LogP contribution in [0.2, 0.25) is 0 Å². The first kappa shape index (κ1) is 29.0. The van der Waals surface area contributed by atoms with E-state index in [9.17, 15) is 29.6 Å². The minimum Gasteiger partial charge on any atom is -0.478 e. The zero-order chi connectivity index (χ0) is 30.5. The van der Waals surface area contributed by atoms with Crippen LogP contribution in [0.1, 0.15) is 37.1 Å². The molecule has 0 aliphatic heterocycles. The molecule has 3 N–H and O–H groups in total. The average molecular weight is 592 g/mol. The molecule has 43 heavy (non-hydrogen) atoms. The molecule has 9 nitrogen and oxygen atoms in total. The number of non-ortho nitro benzene ring substituents is 1. The van der Waals surface area contributed by atoms with Crippen LogP contribution >= 0.6 is 11.8 Å². The Morgan fingerprint density at radius 1 is 0.814 bits per heavy atom. The number of carboxylic acids is 1. The van der Waals surface area contributed by atoms with Gasteiger partial charge in [-0.3, -0.25) is 19.7 Å². The number of nitrogens with zero attached hydrogens (tertiary/aromatic N) is 1. The summed E-state index contributed by atoms with van der Waals surface area (Å²) < 4.78 is 0. The standard InChI is InChI=1S/C33H25N3O6S/c1-20-13-16-24(36(41)42)19-28(20)35-32(38)30(22-7-3-2-4-8-22)43-25-17-14-23(15-18-25)34-31(37)26-11-5-9-21-10-6-12-27(29(21)26)33(39)40/h2-19,30H,1H3,(H,34,37)(H,35,38)(H,39,40). The Bertz CT molecular complexity index is 1850. The topological polar surface area (TPSA) is 139 Å². The summed E-state index contributed by atoms with van der Waals surface area (Å²) >= 11 is 1.29. The first-order valence-electron chi connectivity index (χ1n) is 13.2. The van der Waals surface area contributed by atoms with Gasteiger partial charge in [-0.1, -0.05) is 60.7 Å². The van der Waals surface area contributed by atoms with Crippen molar-refractivity contribution in [3.63, 3.8) is 0 Å². The van der Waals surface area contributed by atoms with Crippen molar-refractivity contribution in [2.45, 2.75) is 17.1 Å². The quantitative estimate of drug-likeness (QED) is 0.0917. The Balaban J connectivity index is 1.36. The first-order chi connectivity index (χ1) is 20.7. The van der Waals surface area contributed by atoms with Gasteiger partial charge in [0.05, 0.1) is 16.2 Å². The maximum Gasteiger partial charge on any atom is 0.336 e. The second-order valence-electron chi connectivity index (χ2n) is 9.65. The molecule has 2 amide bonds. The van der Waals surface area contributed by atoms with E-state index in [0.29, 0.717) is 27.7 Å². The summed E-state index contributed by atoms with van der Waals surface area (Å²) in [5, 5.41) is 26.9. The molecule has 5 aromatic rings. The number of thioether (sulfide) groups is 1. The highest BCUT2D eigenvalue weighted by atomic mass is 32.2. The van der Waals surface area contributed by atoms with E-state index in [-0.39, 0.29) is 22.7 Å². The lowest BCUT2D eigenvalue weighted by Crippen LogP contribution is -2.19. The number of carbonyl (C=O) groups excluding carboxylic acids is 2. The maximum atomic E-state index is 13.5. The molecular formula is C33H25N3O6S. The lowest BCUT2D eigenvalue weighted by Gasteiger charge is -2.18. The van der Waals surface area contributed by atoms with Gasteiger partial charge in [0.25, 0.3) is 11.6 Å². The molecule has 5 rings (SSSR count). The number of fused-ring (bicyclic) bond motifs is 1. The van der Waals surface area contributed by atoms with Crippen LogP contribution in [0.15, 0.2) is 114 Å². The Hall–Kier alpha value is -5.48. The van der Waals surface area contributed by atoms with Gasteiger partial charge in [-0.2, -0.15) is 0 Å². The molecule has 0 bridgehead atoms. The van der Waals surface area contributed by atoms with Crippen molar-refractivity contribution >= 4 is 57.4 Å². The number of benzene rings is 5. The number of aromatic carboxylic acids is 1. The van der Waals surface area contributed by atoms with Gasteiger partial charge in [0.15, 0.2) is 0 Å². The molecule has 0 aromatic heterocycles. The van der Waals surface area contributed by atoms with E-state index < -0.39 is 22.0 Å². The number of nitrogens with one attached hydrogen (secondary N) is 2. The summed E-state index contributed by atoms with van der Waals surface area (Å²) in [7, 11) is 0. The number of hydrogen-bond donors (Lipinski definition) is 3. The van der Waals surface area contributed by atoms with Crippen LogP contribution in [-0.4, -0.2) is 27.8 Å². The molecule has 0 fully saturated rings. The van der Waals surface area contributed by atoms with Crippen LogP contribution in [0.5, 0.6) is 0 Å². The molecule has 0 aliphatic carbocycles. The van der Waals surface area contributed by atoms with E-state index in [4.69, 9.17) is 0 Å². The molecule has 10 heteroatoms. The molecule has 0 aliphatic rings. The largest absolute Gasteiger partial charge is 0.478 e. The van der Waals surface area contributed by atoms with E-state index in [0.717, 1.165) is 10.5 Å². The fourth-order valence-electron chi connectivity index (χ4n) is 4.62. The highest BCUT2D eigenvalue weighted by molar-refractivity contribution is 8.00. The molecule has 1 unspecified atom stereocenters. The van der Waals surface area contributed by atoms with Gasteiger partial charge in [-0.15, -0.1) is 11.8 Å². The van der Waals surface area contributed by atoms with Crippen molar-refractivity contribution in [2.75, 3.05) is 10.6 Å². The third-order valence-electron chi connectivity index (χ3n) is 6.78. The van der Waals surface area contributed by atoms with E-state index in [1.807, 2.05) is 30.3 Å². The number of aryl methyl sites for hydroxylation is 1. The number of amides is 2. The highest BCUT2D eigenvalue weighted by Crippen LogP contribution is 2.37. The zero-order valence-electron chi connectivity index (χ0n) is 22.8. The second kappa shape index (κ2) is 12.6. The summed E-state index contributed by atoms with van der Waals surface area (Å²) in [6, 6.07) is 30.3. The Kier molecular flexibility index (Phi) is 8.49. The molecule has 0 spiro atoms. The minimum absolute atomic E-state index is 0.0422. The minimum atomic E-state index is -1.12. The van der Waals surface area contributed by atoms with E-state index in [1.54, 1.807) is 67.6 Å². The van der Waals surface area contributed by atoms with Gasteiger partial charge in [0.2, 0.25) is 5.91 Å². The SMILES string of the molecule is Cc1ccc([N+](=O)[O-])cc1NC(=O)C(Sc1ccc(NC(=O)c2cccc3cccc(C(=O)O)c23)cc1)c1ccccc1. The number of anilines is 2. The number of carbonyl (C=O) groups is 3. The molecule has 0 saturated heterocycles. The van der Waals surface area contributed by atoms with Gasteiger partial charge in [0.1, 0.15) is 5.25 Å². The van der Waals surface area contributed by atoms with Crippen molar-refractivity contribution in [1.82, 2.24) is 0 Å². The van der Waals surface area contributed by atoms with Crippen molar-refractivity contribution in [1.29, 1.82) is 0 Å². The molecule has 5 aromatic carbocycles. The van der Waals surface area contributed by atoms with Crippen molar-refractivity contribution in [2.24, 2.45) is 0 Å². The highest BCUT2D eigenvalue weighted by Gasteiger charge is 2.24. The van der Waals surface area contributed by atoms with E-state index in [1.165, 1.54) is 30.0 Å². The van der Waals surface area contributed by atoms with E-state index >= 15 is 0 Å². The van der Waals surface area contributed by atoms with Gasteiger partial charge in [-0.05, 0) is 59.8 Å². The van der Waals surface area contributed by atoms with Crippen molar-refractivity contribution in [3.05, 3.63) is 142 Å². The van der Waals surface area contributed by atoms with Gasteiger partial charge in [0, 0.05) is 33.7 Å². The van der Waals surface area contributed by atoms with Crippen molar-refractivity contribution in [3.8, 4) is 0 Å². The summed E-state index contributed by atoms with van der Waals surface area (Å²) in [4.78, 5) is 50.0. The van der Waals surface area contributed by atoms with Crippen LogP contribution in [0.4, 0.5) is 17.1 Å². The molecule has 214 valence electrons. The van der Waals surface area contributed by atoms with Gasteiger partial charge >= 0.3 is 5.97 Å². The zero-order valence-corrected chi connectivity index (χ0v) is 23.6. The maximum absolute atomic E-state index is 13.5. The lowest BCUT2D eigenvalue weighted by molar-refractivity contribution is -0.384. The Labute approximate surface area is 250 Å². The summed E-state index contributed by atoms with van der Waals surface area (Å²) in [5.41, 5.74) is 2.45. The second-order valence-corrected chi connectivity index (χ2v) is 10.8. The third-order valence-corrected chi connectivity index (χ3v) is 8.04. The normalized spacial score (nSPS) is 11.5. The number of nitro groups is 1. The fourth-order valence-corrected chi connectivity index (χ4v) is 5.64.